The van der Waals surface area contributed by atoms with E-state index >= 15 is 0 Å². The Kier molecular flexibility index (Phi) is 3.99. The van der Waals surface area contributed by atoms with Gasteiger partial charge in [-0.1, -0.05) is 18.0 Å². The number of carbonyl (C=O) groups excluding carboxylic acids is 1. The van der Waals surface area contributed by atoms with Crippen LogP contribution in [0.3, 0.4) is 0 Å². The maximum atomic E-state index is 12.4. The molecule has 2 fully saturated rings. The van der Waals surface area contributed by atoms with E-state index < -0.39 is 0 Å². The predicted octanol–water partition coefficient (Wildman–Crippen LogP) is 3.43. The average molecular weight is 293 g/mol. The summed E-state index contributed by atoms with van der Waals surface area (Å²) >= 11 is 5.85. The van der Waals surface area contributed by atoms with Gasteiger partial charge in [0.15, 0.2) is 0 Å². The van der Waals surface area contributed by atoms with E-state index in [2.05, 4.69) is 5.32 Å². The van der Waals surface area contributed by atoms with Crippen molar-refractivity contribution < 1.29 is 4.79 Å². The van der Waals surface area contributed by atoms with Crippen LogP contribution >= 0.6 is 11.6 Å². The number of benzene rings is 1. The minimum atomic E-state index is 0.112. The van der Waals surface area contributed by atoms with Crippen LogP contribution in [0.2, 0.25) is 5.02 Å². The van der Waals surface area contributed by atoms with Crippen molar-refractivity contribution >= 4 is 23.2 Å². The van der Waals surface area contributed by atoms with Crippen LogP contribution in [0.1, 0.15) is 32.1 Å². The number of nitrogens with one attached hydrogen (secondary N) is 1. The summed E-state index contributed by atoms with van der Waals surface area (Å²) < 4.78 is 0. The molecule has 2 bridgehead atoms. The van der Waals surface area contributed by atoms with Gasteiger partial charge in [-0.25, -0.2) is 0 Å². The summed E-state index contributed by atoms with van der Waals surface area (Å²) in [6.07, 6.45) is 5.52. The topological polar surface area (TPSA) is 55.1 Å². The number of hydrogen-bond donors (Lipinski definition) is 2. The Bertz CT molecular complexity index is 474. The van der Waals surface area contributed by atoms with E-state index in [0.29, 0.717) is 22.9 Å². The summed E-state index contributed by atoms with van der Waals surface area (Å²) in [5, 5.41) is 3.69. The lowest BCUT2D eigenvalue weighted by Gasteiger charge is -2.43. The van der Waals surface area contributed by atoms with Crippen LogP contribution in [0.15, 0.2) is 24.3 Å². The lowest BCUT2D eigenvalue weighted by Crippen LogP contribution is -2.48. The highest BCUT2D eigenvalue weighted by atomic mass is 35.5. The first kappa shape index (κ1) is 13.9. The van der Waals surface area contributed by atoms with Gasteiger partial charge in [0, 0.05) is 22.7 Å². The molecular formula is C16H21ClN2O. The van der Waals surface area contributed by atoms with Crippen LogP contribution in [0.5, 0.6) is 0 Å². The molecule has 1 aromatic rings. The number of hydrogen-bond acceptors (Lipinski definition) is 2. The summed E-state index contributed by atoms with van der Waals surface area (Å²) in [6, 6.07) is 7.58. The molecule has 3 nitrogen and oxygen atoms in total. The molecule has 0 heterocycles. The Labute approximate surface area is 124 Å². The van der Waals surface area contributed by atoms with E-state index in [4.69, 9.17) is 17.3 Å². The van der Waals surface area contributed by atoms with Crippen LogP contribution in [-0.4, -0.2) is 11.9 Å². The molecule has 1 aromatic carbocycles. The Morgan fingerprint density at radius 2 is 1.75 bits per heavy atom. The maximum absolute atomic E-state index is 12.4. The lowest BCUT2D eigenvalue weighted by atomic mass is 9.65. The van der Waals surface area contributed by atoms with E-state index in [-0.39, 0.29) is 11.8 Å². The fourth-order valence-electron chi connectivity index (χ4n) is 3.78. The summed E-state index contributed by atoms with van der Waals surface area (Å²) in [4.78, 5) is 12.4. The number of amides is 1. The molecule has 20 heavy (non-hydrogen) atoms. The zero-order valence-electron chi connectivity index (χ0n) is 11.5. The molecule has 2 atom stereocenters. The molecule has 3 N–H and O–H groups in total. The average Bonchev–Trinajstić information content (AvgIpc) is 2.41. The predicted molar refractivity (Wildman–Crippen MR) is 81.6 cm³/mol. The first-order valence-electron chi connectivity index (χ1n) is 7.45. The van der Waals surface area contributed by atoms with E-state index in [1.165, 1.54) is 19.3 Å². The number of rotatable bonds is 2. The summed E-state index contributed by atoms with van der Waals surface area (Å²) in [5.74, 6) is 1.31. The van der Waals surface area contributed by atoms with Crippen molar-refractivity contribution in [3.05, 3.63) is 29.3 Å². The number of nitrogens with two attached hydrogens (primary N) is 1. The maximum Gasteiger partial charge on any atom is 0.227 e. The number of halogens is 1. The summed E-state index contributed by atoms with van der Waals surface area (Å²) in [5.41, 5.74) is 7.09. The number of carbonyl (C=O) groups is 1. The standard InChI is InChI=1S/C16H21ClN2O/c17-13-4-6-14(7-5-13)19-16(20)12-8-10-2-1-3-11(9-12)15(10)18/h4-7,10-12,15H,1-3,8-9,18H2,(H,19,20). The molecule has 1 amide bonds. The quantitative estimate of drug-likeness (QED) is 0.877. The first-order valence-corrected chi connectivity index (χ1v) is 7.83. The molecule has 0 saturated heterocycles. The Hall–Kier alpha value is -1.06. The molecule has 4 heteroatoms. The molecule has 2 saturated carbocycles. The summed E-state index contributed by atoms with van der Waals surface area (Å²) in [7, 11) is 0. The van der Waals surface area contributed by atoms with E-state index in [9.17, 15) is 4.79 Å². The monoisotopic (exact) mass is 292 g/mol. The third-order valence-electron chi connectivity index (χ3n) is 4.90. The second-order valence-electron chi connectivity index (χ2n) is 6.19. The lowest BCUT2D eigenvalue weighted by molar-refractivity contribution is -0.122. The van der Waals surface area contributed by atoms with Crippen molar-refractivity contribution in [2.24, 2.45) is 23.5 Å². The highest BCUT2D eigenvalue weighted by Gasteiger charge is 2.40. The van der Waals surface area contributed by atoms with Gasteiger partial charge in [-0.15, -0.1) is 0 Å². The minimum absolute atomic E-state index is 0.112. The largest absolute Gasteiger partial charge is 0.327 e. The van der Waals surface area contributed by atoms with Gasteiger partial charge in [0.2, 0.25) is 5.91 Å². The highest BCUT2D eigenvalue weighted by molar-refractivity contribution is 6.30. The fraction of sp³-hybridized carbons (Fsp3) is 0.562. The Morgan fingerprint density at radius 3 is 2.35 bits per heavy atom. The fourth-order valence-corrected chi connectivity index (χ4v) is 3.91. The van der Waals surface area contributed by atoms with Gasteiger partial charge in [0.05, 0.1) is 0 Å². The molecular weight excluding hydrogens is 272 g/mol. The van der Waals surface area contributed by atoms with Crippen molar-refractivity contribution in [1.29, 1.82) is 0 Å². The van der Waals surface area contributed by atoms with Crippen LogP contribution in [0.4, 0.5) is 5.69 Å². The van der Waals surface area contributed by atoms with Gasteiger partial charge < -0.3 is 11.1 Å². The van der Waals surface area contributed by atoms with Gasteiger partial charge in [0.25, 0.3) is 0 Å². The van der Waals surface area contributed by atoms with Crippen molar-refractivity contribution in [2.75, 3.05) is 5.32 Å². The van der Waals surface area contributed by atoms with Gasteiger partial charge >= 0.3 is 0 Å². The van der Waals surface area contributed by atoms with Crippen molar-refractivity contribution in [3.63, 3.8) is 0 Å². The third-order valence-corrected chi connectivity index (χ3v) is 5.15. The zero-order valence-corrected chi connectivity index (χ0v) is 12.3. The molecule has 3 rings (SSSR count). The molecule has 2 unspecified atom stereocenters. The zero-order chi connectivity index (χ0) is 14.1. The molecule has 2 aliphatic rings. The summed E-state index contributed by atoms with van der Waals surface area (Å²) in [6.45, 7) is 0. The molecule has 0 aliphatic heterocycles. The van der Waals surface area contributed by atoms with Crippen molar-refractivity contribution in [1.82, 2.24) is 0 Å². The van der Waals surface area contributed by atoms with E-state index in [1.807, 2.05) is 12.1 Å². The third kappa shape index (κ3) is 2.84. The molecule has 108 valence electrons. The van der Waals surface area contributed by atoms with Crippen LogP contribution in [-0.2, 0) is 4.79 Å². The van der Waals surface area contributed by atoms with Crippen LogP contribution < -0.4 is 11.1 Å². The highest BCUT2D eigenvalue weighted by Crippen LogP contribution is 2.42. The first-order chi connectivity index (χ1) is 9.63. The SMILES string of the molecule is NC1C2CCCC1CC(C(=O)Nc1ccc(Cl)cc1)C2. The molecule has 0 spiro atoms. The molecule has 0 radical (unpaired) electrons. The number of anilines is 1. The molecule has 2 aliphatic carbocycles. The van der Waals surface area contributed by atoms with Gasteiger partial charge in [-0.2, -0.15) is 0 Å². The molecule has 0 aromatic heterocycles. The van der Waals surface area contributed by atoms with E-state index in [1.54, 1.807) is 12.1 Å². The Balaban J connectivity index is 1.64. The van der Waals surface area contributed by atoms with Gasteiger partial charge in [-0.3, -0.25) is 4.79 Å². The van der Waals surface area contributed by atoms with Gasteiger partial charge in [-0.05, 0) is 61.8 Å². The van der Waals surface area contributed by atoms with E-state index in [0.717, 1.165) is 18.5 Å². The second-order valence-corrected chi connectivity index (χ2v) is 6.63. The van der Waals surface area contributed by atoms with Gasteiger partial charge in [0.1, 0.15) is 0 Å². The van der Waals surface area contributed by atoms with Crippen LogP contribution in [0.25, 0.3) is 0 Å². The normalized spacial score (nSPS) is 32.7. The smallest absolute Gasteiger partial charge is 0.227 e. The number of fused-ring (bicyclic) bond motifs is 2. The second kappa shape index (κ2) is 5.74. The van der Waals surface area contributed by atoms with Crippen molar-refractivity contribution in [3.8, 4) is 0 Å². The van der Waals surface area contributed by atoms with Crippen molar-refractivity contribution in [2.45, 2.75) is 38.1 Å². The Morgan fingerprint density at radius 1 is 1.15 bits per heavy atom. The minimum Gasteiger partial charge on any atom is -0.327 e. The van der Waals surface area contributed by atoms with Crippen LogP contribution in [0, 0.1) is 17.8 Å².